The van der Waals surface area contributed by atoms with Gasteiger partial charge in [-0.05, 0) is 51.0 Å². The molecule has 6 rings (SSSR count). The van der Waals surface area contributed by atoms with Crippen LogP contribution in [0.3, 0.4) is 0 Å². The summed E-state index contributed by atoms with van der Waals surface area (Å²) in [5, 5.41) is 20.1. The maximum Gasteiger partial charge on any atom is 0.471 e. The number of amides is 1. The minimum Gasteiger partial charge on any atom is -0.393 e. The summed E-state index contributed by atoms with van der Waals surface area (Å²) >= 11 is 0. The number of nitrogens with one attached hydrogen (secondary N) is 2. The second kappa shape index (κ2) is 12.3. The highest BCUT2D eigenvalue weighted by Gasteiger charge is 2.44. The largest absolute Gasteiger partial charge is 0.471 e. The van der Waals surface area contributed by atoms with Crippen molar-refractivity contribution in [1.82, 2.24) is 29.0 Å². The number of carbonyl (C=O) groups excluding carboxylic acids is 1. The van der Waals surface area contributed by atoms with Crippen LogP contribution in [0.25, 0.3) is 11.4 Å². The molecule has 0 bridgehead atoms. The topological polar surface area (TPSA) is 155 Å². The first-order valence-corrected chi connectivity index (χ1v) is 16.2. The molecule has 1 saturated heterocycles. The van der Waals surface area contributed by atoms with Crippen molar-refractivity contribution in [1.29, 1.82) is 0 Å². The number of hydrogen-bond acceptors (Lipinski definition) is 10. The van der Waals surface area contributed by atoms with Crippen LogP contribution in [-0.2, 0) is 14.8 Å². The third kappa shape index (κ3) is 7.20. The van der Waals surface area contributed by atoms with E-state index >= 15 is 0 Å². The van der Waals surface area contributed by atoms with Crippen molar-refractivity contribution < 1.29 is 31.5 Å². The fraction of sp³-hybridized carbons (Fsp3) is 0.483. The Kier molecular flexibility index (Phi) is 8.40. The van der Waals surface area contributed by atoms with Gasteiger partial charge in [-0.15, -0.1) is 0 Å². The zero-order valence-corrected chi connectivity index (χ0v) is 24.9. The van der Waals surface area contributed by atoms with Crippen LogP contribution in [0, 0.1) is 17.8 Å². The van der Waals surface area contributed by atoms with Gasteiger partial charge in [0.05, 0.1) is 40.6 Å². The van der Waals surface area contributed by atoms with Crippen LogP contribution < -0.4 is 10.6 Å². The summed E-state index contributed by atoms with van der Waals surface area (Å²) in [4.78, 5) is 25.6. The number of halogens is 3. The van der Waals surface area contributed by atoms with E-state index in [2.05, 4.69) is 42.5 Å². The summed E-state index contributed by atoms with van der Waals surface area (Å²) in [7, 11) is -3.53. The minimum absolute atomic E-state index is 0.00759. The average molecular weight is 645 g/mol. The summed E-state index contributed by atoms with van der Waals surface area (Å²) < 4.78 is 64.6. The van der Waals surface area contributed by atoms with Gasteiger partial charge in [0.25, 0.3) is 10.0 Å². The standard InChI is InChI=1S/C29H31F3N8O4S/c30-29(31,32)28(42)39-12-10-18(16-39)1-2-19-14-34-26(13-24(19)36-21-3-5-22(41)6-4-21)37-25-9-11-33-27(38-25)20-15-35-40(17-20)45(43,44)23-7-8-23/h9,11,13-15,17-18,21-23,41H,3-8,10,12,16H2,(H2,33,34,36,37,38). The Morgan fingerprint density at radius 3 is 2.56 bits per heavy atom. The Labute approximate surface area is 257 Å². The molecule has 4 heterocycles. The van der Waals surface area contributed by atoms with E-state index in [0.717, 1.165) is 21.8 Å². The van der Waals surface area contributed by atoms with E-state index in [0.29, 0.717) is 60.6 Å². The van der Waals surface area contributed by atoms with E-state index in [4.69, 9.17) is 0 Å². The second-order valence-electron chi connectivity index (χ2n) is 11.5. The quantitative estimate of drug-likeness (QED) is 0.327. The van der Waals surface area contributed by atoms with Gasteiger partial charge >= 0.3 is 12.1 Å². The Hall–Kier alpha value is -4.23. The molecule has 1 amide bonds. The van der Waals surface area contributed by atoms with Gasteiger partial charge in [0.1, 0.15) is 11.6 Å². The number of carbonyl (C=O) groups is 1. The number of pyridine rings is 1. The summed E-state index contributed by atoms with van der Waals surface area (Å²) in [5.41, 5.74) is 1.63. The lowest BCUT2D eigenvalue weighted by atomic mass is 9.93. The van der Waals surface area contributed by atoms with Crippen molar-refractivity contribution in [2.24, 2.45) is 5.92 Å². The molecule has 3 aromatic heterocycles. The molecular formula is C29H31F3N8O4S. The van der Waals surface area contributed by atoms with E-state index in [-0.39, 0.29) is 31.1 Å². The SMILES string of the molecule is O=C(N1CCC(C#Cc2cnc(Nc3ccnc(-c4cnn(S(=O)(=O)C5CC5)c4)n3)cc2NC2CCC(O)CC2)C1)C(F)(F)F. The molecule has 1 unspecified atom stereocenters. The highest BCUT2D eigenvalue weighted by molar-refractivity contribution is 7.90. The zero-order chi connectivity index (χ0) is 31.8. The Morgan fingerprint density at radius 2 is 1.82 bits per heavy atom. The smallest absolute Gasteiger partial charge is 0.393 e. The van der Waals surface area contributed by atoms with Gasteiger partial charge in [0, 0.05) is 43.5 Å². The summed E-state index contributed by atoms with van der Waals surface area (Å²) in [6.07, 6.45) is 5.00. The van der Waals surface area contributed by atoms with Crippen LogP contribution in [0.5, 0.6) is 0 Å². The summed E-state index contributed by atoms with van der Waals surface area (Å²) in [6.45, 7) is -0.102. The lowest BCUT2D eigenvalue weighted by molar-refractivity contribution is -0.184. The Morgan fingerprint density at radius 1 is 1.04 bits per heavy atom. The van der Waals surface area contributed by atoms with E-state index in [1.807, 2.05) is 0 Å². The zero-order valence-electron chi connectivity index (χ0n) is 24.0. The normalized spacial score (nSPS) is 22.0. The summed E-state index contributed by atoms with van der Waals surface area (Å²) in [5.74, 6) is 4.90. The van der Waals surface area contributed by atoms with Gasteiger partial charge in [-0.3, -0.25) is 4.79 Å². The molecule has 0 radical (unpaired) electrons. The number of aromatic nitrogens is 5. The van der Waals surface area contributed by atoms with Crippen molar-refractivity contribution in [3.8, 4) is 23.2 Å². The van der Waals surface area contributed by atoms with Crippen LogP contribution in [0.1, 0.15) is 50.5 Å². The molecule has 3 aromatic rings. The van der Waals surface area contributed by atoms with E-state index < -0.39 is 33.3 Å². The summed E-state index contributed by atoms with van der Waals surface area (Å²) in [6, 6.07) is 3.46. The molecule has 12 nitrogen and oxygen atoms in total. The lowest BCUT2D eigenvalue weighted by Gasteiger charge is -2.27. The maximum absolute atomic E-state index is 12.9. The van der Waals surface area contributed by atoms with Crippen LogP contribution in [-0.4, -0.2) is 85.1 Å². The second-order valence-corrected chi connectivity index (χ2v) is 13.6. The minimum atomic E-state index is -4.91. The van der Waals surface area contributed by atoms with Crippen molar-refractivity contribution in [2.75, 3.05) is 23.7 Å². The van der Waals surface area contributed by atoms with Crippen molar-refractivity contribution >= 4 is 33.3 Å². The molecule has 238 valence electrons. The fourth-order valence-corrected chi connectivity index (χ4v) is 6.86. The van der Waals surface area contributed by atoms with E-state index in [1.54, 1.807) is 18.3 Å². The van der Waals surface area contributed by atoms with Gasteiger partial charge in [-0.2, -0.15) is 22.4 Å². The van der Waals surface area contributed by atoms with Gasteiger partial charge < -0.3 is 20.6 Å². The Balaban J connectivity index is 1.20. The predicted molar refractivity (Wildman–Crippen MR) is 158 cm³/mol. The Bertz CT molecular complexity index is 1740. The van der Waals surface area contributed by atoms with Crippen LogP contribution in [0.2, 0.25) is 0 Å². The third-order valence-corrected chi connectivity index (χ3v) is 10.1. The van der Waals surface area contributed by atoms with E-state index in [1.165, 1.54) is 18.6 Å². The van der Waals surface area contributed by atoms with Gasteiger partial charge in [-0.1, -0.05) is 11.8 Å². The van der Waals surface area contributed by atoms with Crippen molar-refractivity contribution in [3.05, 3.63) is 42.5 Å². The van der Waals surface area contributed by atoms with Gasteiger partial charge in [0.2, 0.25) is 0 Å². The molecule has 1 atom stereocenters. The number of likely N-dealkylation sites (tertiary alicyclic amines) is 1. The van der Waals surface area contributed by atoms with Crippen molar-refractivity contribution in [3.63, 3.8) is 0 Å². The predicted octanol–water partition coefficient (Wildman–Crippen LogP) is 3.30. The number of nitrogens with zero attached hydrogens (tertiary/aromatic N) is 6. The monoisotopic (exact) mass is 644 g/mol. The third-order valence-electron chi connectivity index (χ3n) is 8.03. The molecule has 1 aliphatic heterocycles. The first kappa shape index (κ1) is 30.8. The molecular weight excluding hydrogens is 613 g/mol. The molecule has 3 N–H and O–H groups in total. The number of aliphatic hydroxyl groups is 1. The highest BCUT2D eigenvalue weighted by Crippen LogP contribution is 2.31. The molecule has 45 heavy (non-hydrogen) atoms. The lowest BCUT2D eigenvalue weighted by Crippen LogP contribution is -2.39. The van der Waals surface area contributed by atoms with E-state index in [9.17, 15) is 31.5 Å². The molecule has 0 spiro atoms. The highest BCUT2D eigenvalue weighted by atomic mass is 32.2. The van der Waals surface area contributed by atoms with Crippen LogP contribution in [0.4, 0.5) is 30.5 Å². The number of aliphatic hydroxyl groups excluding tert-OH is 1. The van der Waals surface area contributed by atoms with Crippen LogP contribution >= 0.6 is 0 Å². The molecule has 2 saturated carbocycles. The molecule has 0 aromatic carbocycles. The first-order chi connectivity index (χ1) is 21.5. The molecule has 2 aliphatic carbocycles. The average Bonchev–Trinajstić information content (AvgIpc) is 3.57. The maximum atomic E-state index is 12.9. The number of alkyl halides is 3. The number of hydrogen-bond donors (Lipinski definition) is 3. The molecule has 3 fully saturated rings. The molecule has 3 aliphatic rings. The number of anilines is 3. The first-order valence-electron chi connectivity index (χ1n) is 14.7. The molecule has 16 heteroatoms. The van der Waals surface area contributed by atoms with Crippen molar-refractivity contribution in [2.45, 2.75) is 68.5 Å². The number of rotatable bonds is 7. The fourth-order valence-electron chi connectivity index (χ4n) is 5.38. The van der Waals surface area contributed by atoms with Crippen LogP contribution in [0.15, 0.2) is 36.9 Å². The van der Waals surface area contributed by atoms with Gasteiger partial charge in [0.15, 0.2) is 5.82 Å². The van der Waals surface area contributed by atoms with Gasteiger partial charge in [-0.25, -0.2) is 23.4 Å².